The number of amides is 2. The summed E-state index contributed by atoms with van der Waals surface area (Å²) in [7, 11) is 6.38. The number of carbonyl (C=O) groups excluding carboxylic acids is 2. The largest absolute Gasteiger partial charge is 0.356 e. The van der Waals surface area contributed by atoms with Crippen LogP contribution >= 0.6 is 0 Å². The van der Waals surface area contributed by atoms with Crippen molar-refractivity contribution in [3.63, 3.8) is 0 Å². The highest BCUT2D eigenvalue weighted by atomic mass is 16.2. The van der Waals surface area contributed by atoms with Crippen LogP contribution < -0.4 is 5.32 Å². The lowest BCUT2D eigenvalue weighted by Gasteiger charge is -2.27. The Morgan fingerprint density at radius 3 is 1.84 bits per heavy atom. The van der Waals surface area contributed by atoms with E-state index in [0.29, 0.717) is 13.0 Å². The van der Waals surface area contributed by atoms with E-state index in [2.05, 4.69) is 33.4 Å². The molecule has 1 heterocycles. The van der Waals surface area contributed by atoms with Gasteiger partial charge in [0.05, 0.1) is 40.2 Å². The van der Waals surface area contributed by atoms with Crippen LogP contribution in [0.5, 0.6) is 0 Å². The molecule has 2 amide bonds. The molecule has 0 aromatic carbocycles. The van der Waals surface area contributed by atoms with Crippen molar-refractivity contribution < 1.29 is 14.1 Å². The van der Waals surface area contributed by atoms with Gasteiger partial charge in [-0.1, -0.05) is 90.4 Å². The lowest BCUT2D eigenvalue weighted by atomic mass is 10.0. The number of hydrogen-bond acceptors (Lipinski definition) is 2. The molecule has 31 heavy (non-hydrogen) atoms. The van der Waals surface area contributed by atoms with E-state index in [4.69, 9.17) is 0 Å². The standard InChI is InChI=1S/C26H51N3O2/c1-5-6-7-8-9-10-11-12-13-14-15-16-17-18-19-27-26(31)24-22-25(30)28(23-24)20-21-29(2,3)4/h24H,5-23H2,1-4H3/p+1. The average Bonchev–Trinajstić information content (AvgIpc) is 3.09. The van der Waals surface area contributed by atoms with Gasteiger partial charge in [-0.05, 0) is 6.42 Å². The molecular weight excluding hydrogens is 386 g/mol. The molecule has 1 saturated heterocycles. The highest BCUT2D eigenvalue weighted by Crippen LogP contribution is 2.18. The molecule has 1 aliphatic rings. The fourth-order valence-corrected chi connectivity index (χ4v) is 4.26. The first-order chi connectivity index (χ1) is 14.8. The van der Waals surface area contributed by atoms with E-state index in [9.17, 15) is 9.59 Å². The second-order valence-electron chi connectivity index (χ2n) is 10.6. The van der Waals surface area contributed by atoms with Gasteiger partial charge in [-0.25, -0.2) is 0 Å². The Labute approximate surface area is 192 Å². The molecule has 5 heteroatoms. The maximum absolute atomic E-state index is 12.4. The van der Waals surface area contributed by atoms with Crippen molar-refractivity contribution in [2.45, 2.75) is 103 Å². The quantitative estimate of drug-likeness (QED) is 0.224. The van der Waals surface area contributed by atoms with Crippen LogP contribution in [0.3, 0.4) is 0 Å². The third kappa shape index (κ3) is 14.6. The lowest BCUT2D eigenvalue weighted by Crippen LogP contribution is -2.43. The Kier molecular flexibility index (Phi) is 14.9. The third-order valence-corrected chi connectivity index (χ3v) is 6.46. The Morgan fingerprint density at radius 1 is 0.871 bits per heavy atom. The van der Waals surface area contributed by atoms with Gasteiger partial charge >= 0.3 is 0 Å². The van der Waals surface area contributed by atoms with Gasteiger partial charge in [-0.2, -0.15) is 0 Å². The van der Waals surface area contributed by atoms with Crippen LogP contribution in [0.25, 0.3) is 0 Å². The number of rotatable bonds is 19. The van der Waals surface area contributed by atoms with Crippen molar-refractivity contribution >= 4 is 11.8 Å². The number of likely N-dealkylation sites (N-methyl/N-ethyl adjacent to an activating group) is 1. The van der Waals surface area contributed by atoms with Gasteiger partial charge < -0.3 is 14.7 Å². The number of nitrogens with zero attached hydrogens (tertiary/aromatic N) is 2. The maximum atomic E-state index is 12.4. The van der Waals surface area contributed by atoms with Crippen molar-refractivity contribution in [2.75, 3.05) is 47.3 Å². The first-order valence-electron chi connectivity index (χ1n) is 13.2. The summed E-state index contributed by atoms with van der Waals surface area (Å²) < 4.78 is 0.833. The van der Waals surface area contributed by atoms with Gasteiger partial charge in [0.15, 0.2) is 0 Å². The Balaban J connectivity index is 1.92. The molecule has 0 aromatic rings. The summed E-state index contributed by atoms with van der Waals surface area (Å²) in [5, 5.41) is 3.06. The predicted molar refractivity (Wildman–Crippen MR) is 131 cm³/mol. The molecule has 0 spiro atoms. The molecule has 1 aliphatic heterocycles. The molecule has 0 saturated carbocycles. The molecule has 1 rings (SSSR count). The minimum atomic E-state index is -0.161. The number of likely N-dealkylation sites (tertiary alicyclic amines) is 1. The normalized spacial score (nSPS) is 16.8. The van der Waals surface area contributed by atoms with Gasteiger partial charge in [0.2, 0.25) is 11.8 Å². The van der Waals surface area contributed by atoms with Gasteiger partial charge in [-0.3, -0.25) is 9.59 Å². The lowest BCUT2D eigenvalue weighted by molar-refractivity contribution is -0.869. The van der Waals surface area contributed by atoms with Crippen LogP contribution in [0.15, 0.2) is 0 Å². The van der Waals surface area contributed by atoms with Crippen LogP contribution in [0.1, 0.15) is 103 Å². The number of carbonyl (C=O) groups is 2. The summed E-state index contributed by atoms with van der Waals surface area (Å²) in [5.41, 5.74) is 0. The maximum Gasteiger partial charge on any atom is 0.225 e. The van der Waals surface area contributed by atoms with Crippen molar-refractivity contribution in [2.24, 2.45) is 5.92 Å². The van der Waals surface area contributed by atoms with Gasteiger partial charge in [0, 0.05) is 19.5 Å². The zero-order valence-corrected chi connectivity index (χ0v) is 21.2. The molecule has 1 N–H and O–H groups in total. The molecule has 0 aliphatic carbocycles. The van der Waals surface area contributed by atoms with E-state index in [0.717, 1.165) is 30.5 Å². The van der Waals surface area contributed by atoms with Crippen LogP contribution in [0.4, 0.5) is 0 Å². The van der Waals surface area contributed by atoms with Crippen molar-refractivity contribution in [1.82, 2.24) is 10.2 Å². The first-order valence-corrected chi connectivity index (χ1v) is 13.2. The summed E-state index contributed by atoms with van der Waals surface area (Å²) in [4.78, 5) is 26.4. The fourth-order valence-electron chi connectivity index (χ4n) is 4.26. The highest BCUT2D eigenvalue weighted by molar-refractivity contribution is 5.89. The topological polar surface area (TPSA) is 49.4 Å². The Bertz CT molecular complexity index is 488. The smallest absolute Gasteiger partial charge is 0.225 e. The molecule has 0 radical (unpaired) electrons. The van der Waals surface area contributed by atoms with Crippen LogP contribution in [0.2, 0.25) is 0 Å². The molecule has 1 fully saturated rings. The number of quaternary nitrogens is 1. The predicted octanol–water partition coefficient (Wildman–Crippen LogP) is 5.14. The summed E-state index contributed by atoms with van der Waals surface area (Å²) in [6.45, 7) is 5.27. The third-order valence-electron chi connectivity index (χ3n) is 6.46. The molecule has 1 atom stereocenters. The zero-order valence-electron chi connectivity index (χ0n) is 21.2. The van der Waals surface area contributed by atoms with E-state index < -0.39 is 0 Å². The van der Waals surface area contributed by atoms with Crippen molar-refractivity contribution in [3.05, 3.63) is 0 Å². The molecule has 0 bridgehead atoms. The average molecular weight is 439 g/mol. The number of hydrogen-bond donors (Lipinski definition) is 1. The molecular formula is C26H52N3O2+. The number of nitrogens with one attached hydrogen (secondary N) is 1. The second kappa shape index (κ2) is 16.5. The summed E-state index contributed by atoms with van der Waals surface area (Å²) in [6, 6.07) is 0. The summed E-state index contributed by atoms with van der Waals surface area (Å²) >= 11 is 0. The van der Waals surface area contributed by atoms with Gasteiger partial charge in [0.25, 0.3) is 0 Å². The SMILES string of the molecule is CCCCCCCCCCCCCCCCNC(=O)C1CC(=O)N(CC[N+](C)(C)C)C1. The summed E-state index contributed by atoms with van der Waals surface area (Å²) in [5.74, 6) is 0.0347. The zero-order chi connectivity index (χ0) is 23.0. The van der Waals surface area contributed by atoms with E-state index >= 15 is 0 Å². The van der Waals surface area contributed by atoms with Crippen LogP contribution in [0, 0.1) is 5.92 Å². The van der Waals surface area contributed by atoms with Crippen LogP contribution in [-0.2, 0) is 9.59 Å². The molecule has 0 aromatic heterocycles. The molecule has 1 unspecified atom stereocenters. The van der Waals surface area contributed by atoms with E-state index in [-0.39, 0.29) is 17.7 Å². The van der Waals surface area contributed by atoms with Gasteiger partial charge in [0.1, 0.15) is 0 Å². The fraction of sp³-hybridized carbons (Fsp3) is 0.923. The van der Waals surface area contributed by atoms with Crippen molar-refractivity contribution in [1.29, 1.82) is 0 Å². The first kappa shape index (κ1) is 27.9. The Hall–Kier alpha value is -1.10. The van der Waals surface area contributed by atoms with E-state index in [1.165, 1.54) is 83.5 Å². The van der Waals surface area contributed by atoms with E-state index in [1.54, 1.807) is 0 Å². The Morgan fingerprint density at radius 2 is 1.35 bits per heavy atom. The second-order valence-corrected chi connectivity index (χ2v) is 10.6. The number of unbranched alkanes of at least 4 members (excludes halogenated alkanes) is 13. The highest BCUT2D eigenvalue weighted by Gasteiger charge is 2.34. The molecule has 5 nitrogen and oxygen atoms in total. The van der Waals surface area contributed by atoms with E-state index in [1.807, 2.05) is 4.90 Å². The molecule has 182 valence electrons. The minimum absolute atomic E-state index is 0.0655. The van der Waals surface area contributed by atoms with Gasteiger partial charge in [-0.15, -0.1) is 0 Å². The van der Waals surface area contributed by atoms with Crippen LogP contribution in [-0.4, -0.2) is 68.5 Å². The summed E-state index contributed by atoms with van der Waals surface area (Å²) in [6.07, 6.45) is 19.2. The monoisotopic (exact) mass is 438 g/mol. The van der Waals surface area contributed by atoms with Crippen molar-refractivity contribution in [3.8, 4) is 0 Å². The minimum Gasteiger partial charge on any atom is -0.356 e.